The molecule has 182 valence electrons. The number of methoxy groups -OCH3 is 2. The van der Waals surface area contributed by atoms with Crippen LogP contribution in [0.3, 0.4) is 0 Å². The van der Waals surface area contributed by atoms with Crippen molar-refractivity contribution in [3.8, 4) is 11.5 Å². The lowest BCUT2D eigenvalue weighted by Crippen LogP contribution is -2.46. The summed E-state index contributed by atoms with van der Waals surface area (Å²) in [5.41, 5.74) is -0.0165. The van der Waals surface area contributed by atoms with Gasteiger partial charge >= 0.3 is 5.97 Å². The van der Waals surface area contributed by atoms with Crippen LogP contribution in [0.15, 0.2) is 72.8 Å². The van der Waals surface area contributed by atoms with Crippen molar-refractivity contribution in [2.24, 2.45) is 0 Å². The van der Waals surface area contributed by atoms with Crippen molar-refractivity contribution in [3.05, 3.63) is 83.9 Å². The molecule has 4 rings (SSSR count). The molecule has 0 atom stereocenters. The van der Waals surface area contributed by atoms with Crippen LogP contribution in [0.1, 0.15) is 34.6 Å². The summed E-state index contributed by atoms with van der Waals surface area (Å²) in [5, 5.41) is 24.7. The molecule has 0 fully saturated rings. The topological polar surface area (TPSA) is 105 Å². The molecule has 0 aliphatic heterocycles. The van der Waals surface area contributed by atoms with Gasteiger partial charge in [-0.1, -0.05) is 60.7 Å². The Morgan fingerprint density at radius 2 is 1.23 bits per heavy atom. The van der Waals surface area contributed by atoms with E-state index in [4.69, 9.17) is 14.6 Å². The fraction of sp³-hybridized carbons (Fsp3) is 0.214. The first-order valence-corrected chi connectivity index (χ1v) is 11.0. The number of ether oxygens (including phenoxy) is 2. The highest BCUT2D eigenvalue weighted by Crippen LogP contribution is 2.30. The van der Waals surface area contributed by atoms with Gasteiger partial charge in [0, 0.05) is 10.8 Å². The summed E-state index contributed by atoms with van der Waals surface area (Å²) < 4.78 is 10.5. The normalized spacial score (nSPS) is 10.9. The summed E-state index contributed by atoms with van der Waals surface area (Å²) in [4.78, 5) is 23.3. The second-order valence-corrected chi connectivity index (χ2v) is 8.54. The molecule has 0 saturated heterocycles. The SMILES string of the molecule is COc1c(C(=O)NC(C)(C)CO)ccc2ccccc12.COc1c(C(=O)O)ccc2ccccc12. The monoisotopic (exact) mass is 475 g/mol. The second-order valence-electron chi connectivity index (χ2n) is 8.54. The molecule has 0 spiro atoms. The Kier molecular flexibility index (Phi) is 7.94. The average Bonchev–Trinajstić information content (AvgIpc) is 2.87. The van der Waals surface area contributed by atoms with Crippen LogP contribution in [0.25, 0.3) is 21.5 Å². The number of aliphatic hydroxyl groups is 1. The first-order chi connectivity index (χ1) is 16.7. The Hall–Kier alpha value is -4.10. The zero-order valence-electron chi connectivity index (χ0n) is 20.2. The fourth-order valence-corrected chi connectivity index (χ4v) is 3.69. The van der Waals surface area contributed by atoms with E-state index in [0.29, 0.717) is 17.1 Å². The lowest BCUT2D eigenvalue weighted by molar-refractivity contribution is 0.0693. The molecule has 0 aliphatic rings. The van der Waals surface area contributed by atoms with Crippen molar-refractivity contribution >= 4 is 33.4 Å². The summed E-state index contributed by atoms with van der Waals surface area (Å²) in [6.07, 6.45) is 0. The van der Waals surface area contributed by atoms with Gasteiger partial charge in [-0.2, -0.15) is 0 Å². The van der Waals surface area contributed by atoms with E-state index in [1.54, 1.807) is 39.2 Å². The third-order valence-electron chi connectivity index (χ3n) is 5.49. The van der Waals surface area contributed by atoms with Crippen molar-refractivity contribution in [2.45, 2.75) is 19.4 Å². The second kappa shape index (κ2) is 10.9. The quantitative estimate of drug-likeness (QED) is 0.367. The van der Waals surface area contributed by atoms with Crippen LogP contribution < -0.4 is 14.8 Å². The molecular weight excluding hydrogens is 446 g/mol. The molecule has 0 heterocycles. The van der Waals surface area contributed by atoms with Crippen molar-refractivity contribution in [3.63, 3.8) is 0 Å². The number of aromatic carboxylic acids is 1. The number of nitrogens with one attached hydrogen (secondary N) is 1. The third kappa shape index (κ3) is 5.70. The molecule has 1 amide bonds. The number of rotatable bonds is 6. The molecule has 3 N–H and O–H groups in total. The Morgan fingerprint density at radius 1 is 0.771 bits per heavy atom. The van der Waals surface area contributed by atoms with Crippen LogP contribution in [-0.4, -0.2) is 48.5 Å². The number of carboxylic acid groups (broad SMARTS) is 1. The number of benzene rings is 4. The first-order valence-electron chi connectivity index (χ1n) is 11.0. The van der Waals surface area contributed by atoms with E-state index in [-0.39, 0.29) is 18.1 Å². The Labute approximate surface area is 203 Å². The molecule has 0 unspecified atom stereocenters. The van der Waals surface area contributed by atoms with Gasteiger partial charge in [0.15, 0.2) is 0 Å². The smallest absolute Gasteiger partial charge is 0.339 e. The van der Waals surface area contributed by atoms with Crippen LogP contribution in [0, 0.1) is 0 Å². The molecule has 0 aliphatic carbocycles. The molecule has 35 heavy (non-hydrogen) atoms. The molecule has 4 aromatic carbocycles. The Bertz CT molecular complexity index is 1360. The maximum Gasteiger partial charge on any atom is 0.339 e. The summed E-state index contributed by atoms with van der Waals surface area (Å²) in [5.74, 6) is -0.265. The van der Waals surface area contributed by atoms with Gasteiger partial charge in [0.05, 0.1) is 31.9 Å². The van der Waals surface area contributed by atoms with Crippen LogP contribution in [0.2, 0.25) is 0 Å². The highest BCUT2D eigenvalue weighted by Gasteiger charge is 2.23. The standard InChI is InChI=1S/C16H19NO3.C12H10O3/c1-16(2,10-18)17-15(19)13-9-8-11-6-4-5-7-12(11)14(13)20-3;1-15-11-9-5-3-2-4-8(9)6-7-10(11)12(13)14/h4-9,18H,10H2,1-3H3,(H,17,19);2-7H,1H3,(H,13,14). The third-order valence-corrected chi connectivity index (χ3v) is 5.49. The Balaban J connectivity index is 0.000000203. The molecule has 0 radical (unpaired) electrons. The van der Waals surface area contributed by atoms with Crippen LogP contribution in [0.5, 0.6) is 11.5 Å². The van der Waals surface area contributed by atoms with Gasteiger partial charge < -0.3 is 25.0 Å². The highest BCUT2D eigenvalue weighted by molar-refractivity contribution is 6.04. The number of carbonyl (C=O) groups excluding carboxylic acids is 1. The number of hydrogen-bond donors (Lipinski definition) is 3. The summed E-state index contributed by atoms with van der Waals surface area (Å²) in [7, 11) is 3.03. The van der Waals surface area contributed by atoms with E-state index in [1.807, 2.05) is 54.6 Å². The molecule has 7 heteroatoms. The predicted molar refractivity (Wildman–Crippen MR) is 137 cm³/mol. The van der Waals surface area contributed by atoms with Gasteiger partial charge in [-0.3, -0.25) is 4.79 Å². The first kappa shape index (κ1) is 25.5. The number of aliphatic hydroxyl groups excluding tert-OH is 1. The molecule has 7 nitrogen and oxygen atoms in total. The number of carbonyl (C=O) groups is 2. The maximum absolute atomic E-state index is 12.3. The minimum absolute atomic E-state index is 0.130. The van der Waals surface area contributed by atoms with Crippen LogP contribution in [-0.2, 0) is 0 Å². The van der Waals surface area contributed by atoms with Gasteiger partial charge in [0.1, 0.15) is 17.1 Å². The van der Waals surface area contributed by atoms with Gasteiger partial charge in [0.2, 0.25) is 0 Å². The summed E-state index contributed by atoms with van der Waals surface area (Å²) >= 11 is 0. The van der Waals surface area contributed by atoms with E-state index in [0.717, 1.165) is 21.5 Å². The summed E-state index contributed by atoms with van der Waals surface area (Å²) in [6.45, 7) is 3.39. The van der Waals surface area contributed by atoms with E-state index in [1.165, 1.54) is 7.11 Å². The molecule has 4 aromatic rings. The number of amides is 1. The zero-order valence-corrected chi connectivity index (χ0v) is 20.2. The van der Waals surface area contributed by atoms with Gasteiger partial charge in [-0.25, -0.2) is 4.79 Å². The van der Waals surface area contributed by atoms with E-state index in [2.05, 4.69) is 5.32 Å². The molecule has 0 saturated carbocycles. The number of carboxylic acids is 1. The fourth-order valence-electron chi connectivity index (χ4n) is 3.69. The molecular formula is C28H29NO6. The van der Waals surface area contributed by atoms with E-state index in [9.17, 15) is 14.7 Å². The molecule has 0 bridgehead atoms. The number of fused-ring (bicyclic) bond motifs is 2. The average molecular weight is 476 g/mol. The van der Waals surface area contributed by atoms with Crippen molar-refractivity contribution in [1.82, 2.24) is 5.32 Å². The largest absolute Gasteiger partial charge is 0.495 e. The van der Waals surface area contributed by atoms with Crippen molar-refractivity contribution < 1.29 is 29.3 Å². The minimum Gasteiger partial charge on any atom is -0.495 e. The predicted octanol–water partition coefficient (Wildman–Crippen LogP) is 4.90. The number of hydrogen-bond acceptors (Lipinski definition) is 5. The van der Waals surface area contributed by atoms with Crippen LogP contribution >= 0.6 is 0 Å². The summed E-state index contributed by atoms with van der Waals surface area (Å²) in [6, 6.07) is 22.2. The Morgan fingerprint density at radius 3 is 1.69 bits per heavy atom. The van der Waals surface area contributed by atoms with E-state index >= 15 is 0 Å². The van der Waals surface area contributed by atoms with Gasteiger partial charge in [-0.15, -0.1) is 0 Å². The lowest BCUT2D eigenvalue weighted by Gasteiger charge is -2.24. The lowest BCUT2D eigenvalue weighted by atomic mass is 10.0. The van der Waals surface area contributed by atoms with Crippen LogP contribution in [0.4, 0.5) is 0 Å². The van der Waals surface area contributed by atoms with Gasteiger partial charge in [-0.05, 0) is 36.8 Å². The van der Waals surface area contributed by atoms with Crippen molar-refractivity contribution in [1.29, 1.82) is 0 Å². The molecule has 0 aromatic heterocycles. The van der Waals surface area contributed by atoms with Gasteiger partial charge in [0.25, 0.3) is 5.91 Å². The zero-order chi connectivity index (χ0) is 25.6. The highest BCUT2D eigenvalue weighted by atomic mass is 16.5. The minimum atomic E-state index is -0.974. The van der Waals surface area contributed by atoms with E-state index < -0.39 is 11.5 Å². The van der Waals surface area contributed by atoms with Crippen molar-refractivity contribution in [2.75, 3.05) is 20.8 Å². The maximum atomic E-state index is 12.3.